The minimum Gasteiger partial charge on any atom is -0.487 e. The minimum absolute atomic E-state index is 0.116. The predicted molar refractivity (Wildman–Crippen MR) is 126 cm³/mol. The van der Waals surface area contributed by atoms with Gasteiger partial charge in [-0.1, -0.05) is 6.08 Å². The molecule has 0 radical (unpaired) electrons. The molecule has 0 aliphatic carbocycles. The van der Waals surface area contributed by atoms with Crippen LogP contribution in [0.4, 0.5) is 4.39 Å². The molecule has 0 saturated carbocycles. The second-order valence-electron chi connectivity index (χ2n) is 8.51. The van der Waals surface area contributed by atoms with E-state index < -0.39 is 23.2 Å². The van der Waals surface area contributed by atoms with Gasteiger partial charge < -0.3 is 19.8 Å². The molecule has 34 heavy (non-hydrogen) atoms. The van der Waals surface area contributed by atoms with Crippen molar-refractivity contribution >= 4 is 17.6 Å². The summed E-state index contributed by atoms with van der Waals surface area (Å²) in [5.41, 5.74) is 2.03. The summed E-state index contributed by atoms with van der Waals surface area (Å²) >= 11 is 0. The number of amides is 1. The molecule has 2 aromatic rings. The predicted octanol–water partition coefficient (Wildman–Crippen LogP) is 3.82. The molecule has 1 heterocycles. The molecule has 1 aliphatic heterocycles. The van der Waals surface area contributed by atoms with Crippen LogP contribution in [0, 0.1) is 11.2 Å². The monoisotopic (exact) mass is 469 g/mol. The first-order valence-electron chi connectivity index (χ1n) is 10.6. The zero-order valence-electron chi connectivity index (χ0n) is 19.7. The summed E-state index contributed by atoms with van der Waals surface area (Å²) in [6, 6.07) is 7.11. The van der Waals surface area contributed by atoms with Crippen LogP contribution in [-0.2, 0) is 6.42 Å². The fourth-order valence-electron chi connectivity index (χ4n) is 3.48. The van der Waals surface area contributed by atoms with Gasteiger partial charge >= 0.3 is 0 Å². The number of allylic oxidation sites excluding steroid dienone is 1. The SMILES string of the molecule is CC=C/C(=N\N(C)C)NC(=O)c1cc(Oc2ccc(C(=N)NO)c(F)c2)c2c(c1)OC(C)(C)C2. The van der Waals surface area contributed by atoms with Crippen molar-refractivity contribution in [2.24, 2.45) is 5.10 Å². The van der Waals surface area contributed by atoms with Gasteiger partial charge in [0.1, 0.15) is 28.7 Å². The molecular weight excluding hydrogens is 441 g/mol. The molecule has 0 unspecified atom stereocenters. The molecule has 3 rings (SSSR count). The van der Waals surface area contributed by atoms with Crippen molar-refractivity contribution in [3.63, 3.8) is 0 Å². The summed E-state index contributed by atoms with van der Waals surface area (Å²) < 4.78 is 26.4. The molecule has 10 heteroatoms. The molecule has 0 saturated heterocycles. The number of carbonyl (C=O) groups excluding carboxylic acids is 1. The van der Waals surface area contributed by atoms with Crippen LogP contribution in [0.1, 0.15) is 42.3 Å². The summed E-state index contributed by atoms with van der Waals surface area (Å²) in [7, 11) is 3.49. The fourth-order valence-corrected chi connectivity index (χ4v) is 3.48. The number of fused-ring (bicyclic) bond motifs is 1. The van der Waals surface area contributed by atoms with Crippen molar-refractivity contribution in [2.45, 2.75) is 32.8 Å². The molecule has 1 aliphatic rings. The maximum absolute atomic E-state index is 14.4. The minimum atomic E-state index is -0.748. The highest BCUT2D eigenvalue weighted by Crippen LogP contribution is 2.43. The molecule has 2 aromatic carbocycles. The number of nitrogens with zero attached hydrogens (tertiary/aromatic N) is 2. The van der Waals surface area contributed by atoms with Crippen LogP contribution in [0.2, 0.25) is 0 Å². The summed E-state index contributed by atoms with van der Waals surface area (Å²) in [5.74, 6) is -0.249. The normalized spacial score (nSPS) is 14.4. The molecule has 0 spiro atoms. The zero-order valence-corrected chi connectivity index (χ0v) is 19.7. The van der Waals surface area contributed by atoms with E-state index in [4.69, 9.17) is 20.1 Å². The average molecular weight is 470 g/mol. The Kier molecular flexibility index (Phi) is 7.21. The number of nitrogens with one attached hydrogen (secondary N) is 3. The van der Waals surface area contributed by atoms with Crippen molar-refractivity contribution in [1.82, 2.24) is 15.8 Å². The fraction of sp³-hybridized carbons (Fsp3) is 0.292. The molecule has 0 bridgehead atoms. The Balaban J connectivity index is 1.97. The molecule has 180 valence electrons. The van der Waals surface area contributed by atoms with Crippen LogP contribution in [-0.4, -0.2) is 47.5 Å². The third-order valence-corrected chi connectivity index (χ3v) is 4.84. The van der Waals surface area contributed by atoms with Gasteiger partial charge in [0, 0.05) is 37.7 Å². The molecule has 1 amide bonds. The number of rotatable bonds is 6. The summed E-state index contributed by atoms with van der Waals surface area (Å²) in [6.07, 6.45) is 3.96. The number of hydrogen-bond donors (Lipinski definition) is 4. The van der Waals surface area contributed by atoms with E-state index in [0.29, 0.717) is 23.8 Å². The number of carbonyl (C=O) groups is 1. The van der Waals surface area contributed by atoms with Crippen LogP contribution in [0.3, 0.4) is 0 Å². The molecular formula is C24H28FN5O4. The van der Waals surface area contributed by atoms with E-state index in [1.807, 2.05) is 20.8 Å². The van der Waals surface area contributed by atoms with E-state index in [2.05, 4.69) is 10.4 Å². The first-order chi connectivity index (χ1) is 16.0. The Morgan fingerprint density at radius 3 is 2.68 bits per heavy atom. The highest BCUT2D eigenvalue weighted by atomic mass is 19.1. The third kappa shape index (κ3) is 5.70. The van der Waals surface area contributed by atoms with Crippen LogP contribution >= 0.6 is 0 Å². The number of ether oxygens (including phenoxy) is 2. The van der Waals surface area contributed by atoms with E-state index in [1.54, 1.807) is 48.9 Å². The number of hydrogen-bond acceptors (Lipinski definition) is 7. The lowest BCUT2D eigenvalue weighted by atomic mass is 9.99. The second-order valence-corrected chi connectivity index (χ2v) is 8.51. The van der Waals surface area contributed by atoms with Crippen LogP contribution in [0.15, 0.2) is 47.6 Å². The Morgan fingerprint density at radius 2 is 2.06 bits per heavy atom. The van der Waals surface area contributed by atoms with Crippen molar-refractivity contribution in [1.29, 1.82) is 5.41 Å². The lowest BCUT2D eigenvalue weighted by Crippen LogP contribution is -2.30. The molecule has 0 fully saturated rings. The standard InChI is InChI=1S/C24H28FN5O4/c1-6-7-21(28-30(4)5)27-23(31)14-10-19(17-13-24(2,3)34-20(17)11-14)33-15-8-9-16(18(25)12-15)22(26)29-32/h6-12,32H,13H2,1-5H3,(H2,26,29)(H,27,28,31). The van der Waals surface area contributed by atoms with Gasteiger partial charge in [-0.3, -0.25) is 20.9 Å². The van der Waals surface area contributed by atoms with E-state index in [-0.39, 0.29) is 16.9 Å². The van der Waals surface area contributed by atoms with Gasteiger partial charge in [0.05, 0.1) is 5.56 Å². The van der Waals surface area contributed by atoms with Gasteiger partial charge in [-0.05, 0) is 51.1 Å². The number of hydrazone groups is 1. The highest BCUT2D eigenvalue weighted by molar-refractivity contribution is 6.10. The van der Waals surface area contributed by atoms with Gasteiger partial charge in [-0.25, -0.2) is 4.39 Å². The summed E-state index contributed by atoms with van der Waals surface area (Å²) in [5, 5.41) is 25.0. The lowest BCUT2D eigenvalue weighted by Gasteiger charge is -2.16. The smallest absolute Gasteiger partial charge is 0.257 e. The summed E-state index contributed by atoms with van der Waals surface area (Å²) in [4.78, 5) is 13.0. The van der Waals surface area contributed by atoms with Crippen LogP contribution in [0.25, 0.3) is 0 Å². The Labute approximate surface area is 197 Å². The summed E-state index contributed by atoms with van der Waals surface area (Å²) in [6.45, 7) is 5.66. The quantitative estimate of drug-likeness (QED) is 0.290. The molecule has 9 nitrogen and oxygen atoms in total. The van der Waals surface area contributed by atoms with Gasteiger partial charge in [0.2, 0.25) is 0 Å². The van der Waals surface area contributed by atoms with Crippen molar-refractivity contribution in [2.75, 3.05) is 14.1 Å². The molecule has 0 aromatic heterocycles. The first-order valence-corrected chi connectivity index (χ1v) is 10.6. The van der Waals surface area contributed by atoms with Crippen LogP contribution < -0.4 is 20.3 Å². The highest BCUT2D eigenvalue weighted by Gasteiger charge is 2.34. The Bertz CT molecular complexity index is 1170. The van der Waals surface area contributed by atoms with Crippen molar-refractivity contribution in [3.05, 3.63) is 65.0 Å². The van der Waals surface area contributed by atoms with Gasteiger partial charge in [0.15, 0.2) is 11.7 Å². The largest absolute Gasteiger partial charge is 0.487 e. The Hall–Kier alpha value is -3.92. The maximum atomic E-state index is 14.4. The van der Waals surface area contributed by atoms with E-state index >= 15 is 0 Å². The topological polar surface area (TPSA) is 119 Å². The van der Waals surface area contributed by atoms with Gasteiger partial charge in [-0.2, -0.15) is 5.10 Å². The number of amidine groups is 2. The van der Waals surface area contributed by atoms with Gasteiger partial charge in [0.25, 0.3) is 5.91 Å². The van der Waals surface area contributed by atoms with Crippen molar-refractivity contribution < 1.29 is 23.9 Å². The second kappa shape index (κ2) is 9.92. The van der Waals surface area contributed by atoms with Crippen molar-refractivity contribution in [3.8, 4) is 17.2 Å². The van der Waals surface area contributed by atoms with Gasteiger partial charge in [-0.15, -0.1) is 0 Å². The number of benzene rings is 2. The number of halogens is 1. The zero-order chi connectivity index (χ0) is 25.0. The molecule has 0 atom stereocenters. The third-order valence-electron chi connectivity index (χ3n) is 4.84. The molecule has 4 N–H and O–H groups in total. The average Bonchev–Trinajstić information content (AvgIpc) is 3.07. The Morgan fingerprint density at radius 1 is 1.32 bits per heavy atom. The van der Waals surface area contributed by atoms with E-state index in [9.17, 15) is 9.18 Å². The van der Waals surface area contributed by atoms with E-state index in [0.717, 1.165) is 11.6 Å². The number of hydroxylamine groups is 1. The first kappa shape index (κ1) is 24.7. The maximum Gasteiger partial charge on any atom is 0.257 e. The van der Waals surface area contributed by atoms with E-state index in [1.165, 1.54) is 12.1 Å². The van der Waals surface area contributed by atoms with Crippen LogP contribution in [0.5, 0.6) is 17.2 Å². The lowest BCUT2D eigenvalue weighted by molar-refractivity contribution is 0.0974.